The highest BCUT2D eigenvalue weighted by Crippen LogP contribution is 2.32. The fourth-order valence-corrected chi connectivity index (χ4v) is 3.11. The highest BCUT2D eigenvalue weighted by molar-refractivity contribution is 7.99. The maximum Gasteiger partial charge on any atom is 0.234 e. The molecule has 0 atom stereocenters. The van der Waals surface area contributed by atoms with Crippen LogP contribution in [0, 0.1) is 0 Å². The second-order valence-corrected chi connectivity index (χ2v) is 7.06. The number of hydrogen-bond donors (Lipinski definition) is 1. The summed E-state index contributed by atoms with van der Waals surface area (Å²) < 4.78 is 5.56. The van der Waals surface area contributed by atoms with Crippen LogP contribution in [0.15, 0.2) is 42.5 Å². The van der Waals surface area contributed by atoms with Gasteiger partial charge in [-0.25, -0.2) is 0 Å². The lowest BCUT2D eigenvalue weighted by molar-refractivity contribution is -0.113. The van der Waals surface area contributed by atoms with Crippen LogP contribution in [0.1, 0.15) is 17.3 Å². The van der Waals surface area contributed by atoms with E-state index in [2.05, 4.69) is 5.32 Å². The van der Waals surface area contributed by atoms with E-state index in [1.165, 1.54) is 18.7 Å². The topological polar surface area (TPSA) is 55.4 Å². The largest absolute Gasteiger partial charge is 0.490 e. The van der Waals surface area contributed by atoms with Crippen molar-refractivity contribution in [3.63, 3.8) is 0 Å². The van der Waals surface area contributed by atoms with Crippen molar-refractivity contribution in [2.24, 2.45) is 0 Å². The van der Waals surface area contributed by atoms with Crippen molar-refractivity contribution in [1.82, 2.24) is 0 Å². The summed E-state index contributed by atoms with van der Waals surface area (Å²) in [4.78, 5) is 23.3. The quantitative estimate of drug-likeness (QED) is 0.505. The Bertz CT molecular complexity index is 747. The van der Waals surface area contributed by atoms with Gasteiger partial charge in [0.15, 0.2) is 11.5 Å². The Labute approximate surface area is 160 Å². The lowest BCUT2D eigenvalue weighted by atomic mass is 10.1. The standard InChI is InChI=1S/C18H17Cl2NO3S/c1-12(22)13-4-2-5-14(10-13)21-17(23)11-25-9-8-24-18-15(19)6-3-7-16(18)20/h2-7,10H,8-9,11H2,1H3,(H,21,23). The van der Waals surface area contributed by atoms with Crippen molar-refractivity contribution in [3.8, 4) is 5.75 Å². The molecule has 0 saturated heterocycles. The molecule has 2 rings (SSSR count). The number of rotatable bonds is 8. The molecule has 0 spiro atoms. The van der Waals surface area contributed by atoms with Gasteiger partial charge in [-0.2, -0.15) is 0 Å². The summed E-state index contributed by atoms with van der Waals surface area (Å²) in [6.07, 6.45) is 0. The van der Waals surface area contributed by atoms with E-state index in [0.717, 1.165) is 0 Å². The first-order valence-electron chi connectivity index (χ1n) is 7.53. The zero-order chi connectivity index (χ0) is 18.2. The van der Waals surface area contributed by atoms with Gasteiger partial charge in [0.25, 0.3) is 0 Å². The molecule has 1 amide bonds. The Morgan fingerprint density at radius 3 is 2.48 bits per heavy atom. The number of benzene rings is 2. The minimum atomic E-state index is -0.138. The molecule has 0 fully saturated rings. The SMILES string of the molecule is CC(=O)c1cccc(NC(=O)CSCCOc2c(Cl)cccc2Cl)c1. The summed E-state index contributed by atoms with van der Waals surface area (Å²) in [6, 6.07) is 12.0. The van der Waals surface area contributed by atoms with E-state index in [-0.39, 0.29) is 17.4 Å². The Morgan fingerprint density at radius 1 is 1.12 bits per heavy atom. The number of para-hydroxylation sites is 1. The van der Waals surface area contributed by atoms with E-state index in [1.54, 1.807) is 42.5 Å². The zero-order valence-corrected chi connectivity index (χ0v) is 15.9. The number of nitrogens with one attached hydrogen (secondary N) is 1. The molecule has 0 saturated carbocycles. The first-order chi connectivity index (χ1) is 12.0. The molecular weight excluding hydrogens is 381 g/mol. The molecule has 0 unspecified atom stereocenters. The maximum atomic E-state index is 11.9. The molecule has 7 heteroatoms. The monoisotopic (exact) mass is 397 g/mol. The molecular formula is C18H17Cl2NO3S. The fraction of sp³-hybridized carbons (Fsp3) is 0.222. The second kappa shape index (κ2) is 9.70. The third kappa shape index (κ3) is 6.27. The number of carbonyl (C=O) groups is 2. The number of ketones is 1. The number of anilines is 1. The van der Waals surface area contributed by atoms with Gasteiger partial charge in [-0.15, -0.1) is 11.8 Å². The van der Waals surface area contributed by atoms with E-state index in [9.17, 15) is 9.59 Å². The molecule has 2 aromatic rings. The van der Waals surface area contributed by atoms with Crippen LogP contribution in [0.25, 0.3) is 0 Å². The number of ether oxygens (including phenoxy) is 1. The van der Waals surface area contributed by atoms with Crippen LogP contribution in [0.5, 0.6) is 5.75 Å². The van der Waals surface area contributed by atoms with Gasteiger partial charge in [0.05, 0.1) is 22.4 Å². The Hall–Kier alpha value is -1.69. The second-order valence-electron chi connectivity index (χ2n) is 5.14. The number of Topliss-reactive ketones (excluding diaryl/α,β-unsaturated/α-hetero) is 1. The number of hydrogen-bond acceptors (Lipinski definition) is 4. The van der Waals surface area contributed by atoms with Crippen molar-refractivity contribution in [1.29, 1.82) is 0 Å². The number of carbonyl (C=O) groups excluding carboxylic acids is 2. The molecule has 25 heavy (non-hydrogen) atoms. The number of thioether (sulfide) groups is 1. The summed E-state index contributed by atoms with van der Waals surface area (Å²) in [5.74, 6) is 1.17. The van der Waals surface area contributed by atoms with Crippen LogP contribution in [-0.2, 0) is 4.79 Å². The fourth-order valence-electron chi connectivity index (χ4n) is 2.00. The molecule has 132 valence electrons. The molecule has 0 aromatic heterocycles. The Kier molecular flexibility index (Phi) is 7.62. The summed E-state index contributed by atoms with van der Waals surface area (Å²) in [5, 5.41) is 3.69. The highest BCUT2D eigenvalue weighted by Gasteiger charge is 2.08. The summed E-state index contributed by atoms with van der Waals surface area (Å²) in [7, 11) is 0. The van der Waals surface area contributed by atoms with Crippen LogP contribution >= 0.6 is 35.0 Å². The smallest absolute Gasteiger partial charge is 0.234 e. The summed E-state index contributed by atoms with van der Waals surface area (Å²) in [6.45, 7) is 1.88. The predicted molar refractivity (Wildman–Crippen MR) is 104 cm³/mol. The first kappa shape index (κ1) is 19.6. The number of amides is 1. The van der Waals surface area contributed by atoms with Gasteiger partial charge in [-0.3, -0.25) is 9.59 Å². The van der Waals surface area contributed by atoms with Crippen molar-refractivity contribution >= 4 is 52.3 Å². The third-order valence-electron chi connectivity index (χ3n) is 3.18. The van der Waals surface area contributed by atoms with E-state index < -0.39 is 0 Å². The average Bonchev–Trinajstić information content (AvgIpc) is 2.57. The molecule has 1 N–H and O–H groups in total. The van der Waals surface area contributed by atoms with Gasteiger partial charge in [0.2, 0.25) is 5.91 Å². The molecule has 2 aromatic carbocycles. The first-order valence-corrected chi connectivity index (χ1v) is 9.44. The molecule has 0 bridgehead atoms. The van der Waals surface area contributed by atoms with Crippen LogP contribution in [0.4, 0.5) is 5.69 Å². The lowest BCUT2D eigenvalue weighted by Crippen LogP contribution is -2.15. The zero-order valence-electron chi connectivity index (χ0n) is 13.6. The van der Waals surface area contributed by atoms with Gasteiger partial charge in [-0.05, 0) is 31.2 Å². The number of halogens is 2. The van der Waals surface area contributed by atoms with Crippen LogP contribution in [0.3, 0.4) is 0 Å². The molecule has 0 aliphatic rings. The Morgan fingerprint density at radius 2 is 1.80 bits per heavy atom. The summed E-state index contributed by atoms with van der Waals surface area (Å²) in [5.41, 5.74) is 1.17. The van der Waals surface area contributed by atoms with Gasteiger partial charge in [-0.1, -0.05) is 41.4 Å². The van der Waals surface area contributed by atoms with Gasteiger partial charge in [0, 0.05) is 17.0 Å². The van der Waals surface area contributed by atoms with E-state index in [0.29, 0.717) is 39.4 Å². The minimum absolute atomic E-state index is 0.0409. The highest BCUT2D eigenvalue weighted by atomic mass is 35.5. The van der Waals surface area contributed by atoms with Crippen molar-refractivity contribution < 1.29 is 14.3 Å². The van der Waals surface area contributed by atoms with Crippen LogP contribution < -0.4 is 10.1 Å². The normalized spacial score (nSPS) is 10.4. The lowest BCUT2D eigenvalue weighted by Gasteiger charge is -2.09. The van der Waals surface area contributed by atoms with E-state index in [1.807, 2.05) is 0 Å². The van der Waals surface area contributed by atoms with Gasteiger partial charge in [0.1, 0.15) is 0 Å². The third-order valence-corrected chi connectivity index (χ3v) is 4.70. The average molecular weight is 398 g/mol. The predicted octanol–water partition coefficient (Wildman–Crippen LogP) is 4.95. The van der Waals surface area contributed by atoms with Gasteiger partial charge >= 0.3 is 0 Å². The van der Waals surface area contributed by atoms with Crippen LogP contribution in [0.2, 0.25) is 10.0 Å². The van der Waals surface area contributed by atoms with Crippen LogP contribution in [-0.4, -0.2) is 29.8 Å². The molecule has 0 heterocycles. The molecule has 0 radical (unpaired) electrons. The van der Waals surface area contributed by atoms with Crippen molar-refractivity contribution in [3.05, 3.63) is 58.1 Å². The Balaban J connectivity index is 1.72. The van der Waals surface area contributed by atoms with Gasteiger partial charge < -0.3 is 10.1 Å². The summed E-state index contributed by atoms with van der Waals surface area (Å²) >= 11 is 13.5. The molecule has 4 nitrogen and oxygen atoms in total. The molecule has 0 aliphatic carbocycles. The van der Waals surface area contributed by atoms with Crippen molar-refractivity contribution in [2.45, 2.75) is 6.92 Å². The minimum Gasteiger partial charge on any atom is -0.490 e. The molecule has 0 aliphatic heterocycles. The van der Waals surface area contributed by atoms with Crippen molar-refractivity contribution in [2.75, 3.05) is 23.4 Å². The maximum absolute atomic E-state index is 11.9. The van der Waals surface area contributed by atoms with E-state index >= 15 is 0 Å². The van der Waals surface area contributed by atoms with E-state index in [4.69, 9.17) is 27.9 Å².